The molecular weight excluding hydrogens is 248 g/mol. The van der Waals surface area contributed by atoms with Gasteiger partial charge in [-0.3, -0.25) is 9.59 Å². The predicted octanol–water partition coefficient (Wildman–Crippen LogP) is 0.215. The van der Waals surface area contributed by atoms with Crippen LogP contribution < -0.4 is 10.6 Å². The number of anilines is 1. The number of carbonyl (C=O) groups excluding carboxylic acids is 1. The van der Waals surface area contributed by atoms with Crippen molar-refractivity contribution in [2.45, 2.75) is 32.4 Å². The Morgan fingerprint density at radius 2 is 2.26 bits per heavy atom. The molecule has 1 aromatic rings. The van der Waals surface area contributed by atoms with Crippen LogP contribution in [0.15, 0.2) is 6.20 Å². The number of nitrogens with one attached hydrogen (secondary N) is 2. The largest absolute Gasteiger partial charge is 0.480 e. The Hall–Kier alpha value is -2.02. The van der Waals surface area contributed by atoms with E-state index in [1.807, 2.05) is 0 Å². The normalized spacial score (nSPS) is 22.2. The molecule has 2 atom stereocenters. The summed E-state index contributed by atoms with van der Waals surface area (Å²) in [7, 11) is 0. The molecule has 1 aliphatic heterocycles. The number of rotatable bonds is 4. The van der Waals surface area contributed by atoms with Crippen molar-refractivity contribution in [1.82, 2.24) is 15.3 Å². The number of aliphatic carboxylic acids is 1. The fourth-order valence-electron chi connectivity index (χ4n) is 2.10. The third-order valence-corrected chi connectivity index (χ3v) is 3.12. The number of ketones is 1. The lowest BCUT2D eigenvalue weighted by Gasteiger charge is -2.12. The predicted molar refractivity (Wildman–Crippen MR) is 68.2 cm³/mol. The molecule has 0 radical (unpaired) electrons. The molecular formula is C12H16N4O3. The second kappa shape index (κ2) is 5.31. The molecule has 0 aliphatic carbocycles. The second-order valence-electron chi connectivity index (χ2n) is 4.62. The molecule has 1 fully saturated rings. The van der Waals surface area contributed by atoms with Gasteiger partial charge < -0.3 is 15.7 Å². The van der Waals surface area contributed by atoms with Gasteiger partial charge in [0.25, 0.3) is 0 Å². The first kappa shape index (κ1) is 13.4. The molecule has 1 saturated heterocycles. The topological polar surface area (TPSA) is 104 Å². The van der Waals surface area contributed by atoms with Gasteiger partial charge in [0.1, 0.15) is 6.04 Å². The van der Waals surface area contributed by atoms with Gasteiger partial charge in [0.2, 0.25) is 5.95 Å². The molecule has 7 heteroatoms. The molecule has 0 saturated carbocycles. The molecule has 19 heavy (non-hydrogen) atoms. The van der Waals surface area contributed by atoms with Crippen molar-refractivity contribution in [3.63, 3.8) is 0 Å². The van der Waals surface area contributed by atoms with E-state index in [0.29, 0.717) is 30.2 Å². The van der Waals surface area contributed by atoms with Crippen LogP contribution in [0.3, 0.4) is 0 Å². The highest BCUT2D eigenvalue weighted by Crippen LogP contribution is 2.13. The van der Waals surface area contributed by atoms with Crippen molar-refractivity contribution >= 4 is 17.7 Å². The molecule has 2 rings (SSSR count). The van der Waals surface area contributed by atoms with E-state index in [1.165, 1.54) is 13.1 Å². The lowest BCUT2D eigenvalue weighted by atomic mass is 10.1. The summed E-state index contributed by atoms with van der Waals surface area (Å²) in [6.45, 7) is 3.77. The Bertz CT molecular complexity index is 518. The van der Waals surface area contributed by atoms with E-state index in [0.717, 1.165) is 0 Å². The highest BCUT2D eigenvalue weighted by molar-refractivity contribution is 5.94. The van der Waals surface area contributed by atoms with Gasteiger partial charge in [0.05, 0.1) is 11.3 Å². The van der Waals surface area contributed by atoms with Crippen molar-refractivity contribution in [2.75, 3.05) is 11.9 Å². The fourth-order valence-corrected chi connectivity index (χ4v) is 2.10. The van der Waals surface area contributed by atoms with Gasteiger partial charge in [-0.2, -0.15) is 0 Å². The number of hydrogen-bond donors (Lipinski definition) is 3. The summed E-state index contributed by atoms with van der Waals surface area (Å²) in [5.74, 6) is -0.508. The Morgan fingerprint density at radius 1 is 1.53 bits per heavy atom. The minimum Gasteiger partial charge on any atom is -0.480 e. The Balaban J connectivity index is 2.03. The zero-order valence-electron chi connectivity index (χ0n) is 10.8. The first-order valence-electron chi connectivity index (χ1n) is 6.04. The standard InChI is InChI=1S/C12H16N4O3/c1-6-9(7(2)17)5-14-12(15-6)16-8-3-10(11(18)19)13-4-8/h5,8,10,13H,3-4H2,1-2H3,(H,18,19)(H,14,15,16)/t8-,10-/m0/s1. The molecule has 1 aliphatic rings. The van der Waals surface area contributed by atoms with Crippen LogP contribution in [0.5, 0.6) is 0 Å². The van der Waals surface area contributed by atoms with Gasteiger partial charge in [0, 0.05) is 18.8 Å². The first-order chi connectivity index (χ1) is 8.97. The van der Waals surface area contributed by atoms with Crippen LogP contribution in [-0.2, 0) is 4.79 Å². The minimum atomic E-state index is -0.853. The SMILES string of the molecule is CC(=O)c1cnc(N[C@@H]2CN[C@H](C(=O)O)C2)nc1C. The molecule has 0 aromatic carbocycles. The van der Waals surface area contributed by atoms with Crippen LogP contribution >= 0.6 is 0 Å². The monoisotopic (exact) mass is 264 g/mol. The smallest absolute Gasteiger partial charge is 0.320 e. The van der Waals surface area contributed by atoms with Crippen LogP contribution in [-0.4, -0.2) is 45.5 Å². The van der Waals surface area contributed by atoms with E-state index in [4.69, 9.17) is 5.11 Å². The molecule has 0 spiro atoms. The number of carboxylic acids is 1. The van der Waals surface area contributed by atoms with Gasteiger partial charge in [-0.05, 0) is 20.3 Å². The van der Waals surface area contributed by atoms with Crippen LogP contribution in [0.4, 0.5) is 5.95 Å². The minimum absolute atomic E-state index is 0.0244. The average molecular weight is 264 g/mol. The van der Waals surface area contributed by atoms with Gasteiger partial charge in [0.15, 0.2) is 5.78 Å². The van der Waals surface area contributed by atoms with E-state index in [1.54, 1.807) is 6.92 Å². The van der Waals surface area contributed by atoms with Crippen molar-refractivity contribution in [3.8, 4) is 0 Å². The lowest BCUT2D eigenvalue weighted by molar-refractivity contribution is -0.139. The number of carbonyl (C=O) groups is 2. The Kier molecular flexibility index (Phi) is 3.75. The van der Waals surface area contributed by atoms with Crippen LogP contribution in [0.25, 0.3) is 0 Å². The highest BCUT2D eigenvalue weighted by Gasteiger charge is 2.29. The van der Waals surface area contributed by atoms with Gasteiger partial charge in [-0.25, -0.2) is 9.97 Å². The van der Waals surface area contributed by atoms with Crippen molar-refractivity contribution < 1.29 is 14.7 Å². The summed E-state index contributed by atoms with van der Waals surface area (Å²) >= 11 is 0. The third kappa shape index (κ3) is 3.05. The van der Waals surface area contributed by atoms with Gasteiger partial charge in [-0.1, -0.05) is 0 Å². The Labute approximate surface area is 110 Å². The molecule has 2 heterocycles. The summed E-state index contributed by atoms with van der Waals surface area (Å²) in [5.41, 5.74) is 1.12. The summed E-state index contributed by atoms with van der Waals surface area (Å²) in [6, 6.07) is -0.557. The molecule has 3 N–H and O–H groups in total. The highest BCUT2D eigenvalue weighted by atomic mass is 16.4. The number of Topliss-reactive ketones (excluding diaryl/α,β-unsaturated/α-hetero) is 1. The molecule has 7 nitrogen and oxygen atoms in total. The van der Waals surface area contributed by atoms with E-state index >= 15 is 0 Å². The maximum atomic E-state index is 11.3. The molecule has 1 aromatic heterocycles. The fraction of sp³-hybridized carbons (Fsp3) is 0.500. The van der Waals surface area contributed by atoms with E-state index in [9.17, 15) is 9.59 Å². The van der Waals surface area contributed by atoms with E-state index in [2.05, 4.69) is 20.6 Å². The van der Waals surface area contributed by atoms with Gasteiger partial charge >= 0.3 is 5.97 Å². The van der Waals surface area contributed by atoms with Crippen molar-refractivity contribution in [2.24, 2.45) is 0 Å². The van der Waals surface area contributed by atoms with Crippen LogP contribution in [0, 0.1) is 6.92 Å². The number of hydrogen-bond acceptors (Lipinski definition) is 6. The van der Waals surface area contributed by atoms with E-state index < -0.39 is 12.0 Å². The summed E-state index contributed by atoms with van der Waals surface area (Å²) in [4.78, 5) is 30.4. The summed E-state index contributed by atoms with van der Waals surface area (Å²) in [5, 5.41) is 14.9. The second-order valence-corrected chi connectivity index (χ2v) is 4.62. The zero-order valence-corrected chi connectivity index (χ0v) is 10.8. The number of aromatic nitrogens is 2. The number of aryl methyl sites for hydroxylation is 1. The maximum absolute atomic E-state index is 11.3. The quantitative estimate of drug-likeness (QED) is 0.668. The molecule has 102 valence electrons. The maximum Gasteiger partial charge on any atom is 0.320 e. The Morgan fingerprint density at radius 3 is 2.79 bits per heavy atom. The first-order valence-corrected chi connectivity index (χ1v) is 6.04. The summed E-state index contributed by atoms with van der Waals surface area (Å²) in [6.07, 6.45) is 1.97. The van der Waals surface area contributed by atoms with Crippen LogP contribution in [0.1, 0.15) is 29.4 Å². The molecule has 0 bridgehead atoms. The number of nitrogens with zero attached hydrogens (tertiary/aromatic N) is 2. The average Bonchev–Trinajstić information content (AvgIpc) is 2.77. The van der Waals surface area contributed by atoms with Gasteiger partial charge in [-0.15, -0.1) is 0 Å². The van der Waals surface area contributed by atoms with E-state index in [-0.39, 0.29) is 11.8 Å². The van der Waals surface area contributed by atoms with Crippen LogP contribution in [0.2, 0.25) is 0 Å². The molecule has 0 unspecified atom stereocenters. The summed E-state index contributed by atoms with van der Waals surface area (Å²) < 4.78 is 0. The number of carboxylic acid groups (broad SMARTS) is 1. The van der Waals surface area contributed by atoms with Crippen molar-refractivity contribution in [1.29, 1.82) is 0 Å². The lowest BCUT2D eigenvalue weighted by Crippen LogP contribution is -2.30. The van der Waals surface area contributed by atoms with Crippen molar-refractivity contribution in [3.05, 3.63) is 17.5 Å². The third-order valence-electron chi connectivity index (χ3n) is 3.12. The zero-order chi connectivity index (χ0) is 14.0. The molecule has 0 amide bonds.